The van der Waals surface area contributed by atoms with Gasteiger partial charge in [0.1, 0.15) is 11.3 Å². The van der Waals surface area contributed by atoms with E-state index in [4.69, 9.17) is 4.42 Å². The summed E-state index contributed by atoms with van der Waals surface area (Å²) in [4.78, 5) is 24.3. The fraction of sp³-hybridized carbons (Fsp3) is 0.0833. The van der Waals surface area contributed by atoms with Crippen molar-refractivity contribution in [1.29, 1.82) is 0 Å². The summed E-state index contributed by atoms with van der Waals surface area (Å²) in [5.41, 5.74) is 5.00. The summed E-state index contributed by atoms with van der Waals surface area (Å²) in [5, 5.41) is 3.88. The molecule has 0 radical (unpaired) electrons. The van der Waals surface area contributed by atoms with Crippen molar-refractivity contribution in [1.82, 2.24) is 0 Å². The van der Waals surface area contributed by atoms with Gasteiger partial charge in [0.2, 0.25) is 0 Å². The molecule has 3 aromatic carbocycles. The molecule has 1 heterocycles. The van der Waals surface area contributed by atoms with Gasteiger partial charge >= 0.3 is 0 Å². The number of anilines is 1. The lowest BCUT2D eigenvalue weighted by atomic mass is 10.0. The van der Waals surface area contributed by atoms with Crippen molar-refractivity contribution in [3.8, 4) is 11.3 Å². The predicted molar refractivity (Wildman–Crippen MR) is 111 cm³/mol. The van der Waals surface area contributed by atoms with Gasteiger partial charge in [0.15, 0.2) is 6.29 Å². The molecule has 28 heavy (non-hydrogen) atoms. The third-order valence-electron chi connectivity index (χ3n) is 4.99. The highest BCUT2D eigenvalue weighted by molar-refractivity contribution is 6.07. The Hall–Kier alpha value is -3.66. The molecule has 0 spiro atoms. The molecule has 1 amide bonds. The number of fused-ring (bicyclic) bond motifs is 1. The zero-order chi connectivity index (χ0) is 19.7. The minimum Gasteiger partial charge on any atom is -0.456 e. The van der Waals surface area contributed by atoms with Crippen LogP contribution in [0.2, 0.25) is 0 Å². The minimum absolute atomic E-state index is 0.244. The highest BCUT2D eigenvalue weighted by atomic mass is 16.3. The number of nitrogens with one attached hydrogen (secondary N) is 1. The lowest BCUT2D eigenvalue weighted by molar-refractivity contribution is 0.102. The number of para-hydroxylation sites is 1. The van der Waals surface area contributed by atoms with Crippen LogP contribution >= 0.6 is 0 Å². The largest absolute Gasteiger partial charge is 0.456 e. The molecule has 1 N–H and O–H groups in total. The summed E-state index contributed by atoms with van der Waals surface area (Å²) in [7, 11) is 0. The van der Waals surface area contributed by atoms with Gasteiger partial charge in [-0.15, -0.1) is 0 Å². The van der Waals surface area contributed by atoms with Crippen LogP contribution in [0.4, 0.5) is 5.69 Å². The molecular weight excluding hydrogens is 350 g/mol. The first kappa shape index (κ1) is 17.7. The maximum Gasteiger partial charge on any atom is 0.255 e. The number of hydrogen-bond acceptors (Lipinski definition) is 3. The summed E-state index contributed by atoms with van der Waals surface area (Å²) in [6.45, 7) is 3.88. The fourth-order valence-corrected chi connectivity index (χ4v) is 3.23. The second-order valence-corrected chi connectivity index (χ2v) is 6.77. The third-order valence-corrected chi connectivity index (χ3v) is 4.99. The van der Waals surface area contributed by atoms with Crippen molar-refractivity contribution in [2.45, 2.75) is 13.8 Å². The molecule has 4 aromatic rings. The quantitative estimate of drug-likeness (QED) is 0.464. The SMILES string of the molecule is Cc1cccc(C(=O)Nc2cc(-c3cc4ccccc4o3)ccc2C=O)c1C. The number of amides is 1. The molecule has 0 aliphatic rings. The van der Waals surface area contributed by atoms with Gasteiger partial charge < -0.3 is 9.73 Å². The third kappa shape index (κ3) is 3.21. The monoisotopic (exact) mass is 369 g/mol. The summed E-state index contributed by atoms with van der Waals surface area (Å²) in [6.07, 6.45) is 0.737. The Bertz CT molecular complexity index is 1170. The van der Waals surface area contributed by atoms with Crippen LogP contribution < -0.4 is 5.32 Å². The van der Waals surface area contributed by atoms with Gasteiger partial charge in [-0.25, -0.2) is 0 Å². The Morgan fingerprint density at radius 3 is 2.57 bits per heavy atom. The first-order valence-electron chi connectivity index (χ1n) is 9.02. The van der Waals surface area contributed by atoms with Gasteiger partial charge in [0.25, 0.3) is 5.91 Å². The Morgan fingerprint density at radius 2 is 1.79 bits per heavy atom. The van der Waals surface area contributed by atoms with Crippen LogP contribution in [0.15, 0.2) is 71.1 Å². The Kier molecular flexibility index (Phi) is 4.53. The number of carbonyl (C=O) groups is 2. The van der Waals surface area contributed by atoms with Crippen LogP contribution in [-0.4, -0.2) is 12.2 Å². The molecule has 0 saturated carbocycles. The van der Waals surface area contributed by atoms with Crippen molar-refractivity contribution < 1.29 is 14.0 Å². The van der Waals surface area contributed by atoms with Gasteiger partial charge in [-0.3, -0.25) is 9.59 Å². The summed E-state index contributed by atoms with van der Waals surface area (Å²) in [6, 6.07) is 20.6. The Balaban J connectivity index is 1.72. The zero-order valence-corrected chi connectivity index (χ0v) is 15.7. The number of carbonyl (C=O) groups excluding carboxylic acids is 2. The van der Waals surface area contributed by atoms with Crippen molar-refractivity contribution in [2.24, 2.45) is 0 Å². The highest BCUT2D eigenvalue weighted by Gasteiger charge is 2.14. The maximum absolute atomic E-state index is 12.8. The summed E-state index contributed by atoms with van der Waals surface area (Å²) >= 11 is 0. The molecule has 0 fully saturated rings. The summed E-state index contributed by atoms with van der Waals surface area (Å²) in [5.74, 6) is 0.437. The first-order chi connectivity index (χ1) is 13.6. The predicted octanol–water partition coefficient (Wildman–Crippen LogP) is 5.78. The second kappa shape index (κ2) is 7.16. The van der Waals surface area contributed by atoms with Gasteiger partial charge in [-0.05, 0) is 55.3 Å². The Morgan fingerprint density at radius 1 is 0.964 bits per heavy atom. The minimum atomic E-state index is -0.244. The smallest absolute Gasteiger partial charge is 0.255 e. The maximum atomic E-state index is 12.8. The van der Waals surface area contributed by atoms with E-state index in [0.29, 0.717) is 22.6 Å². The van der Waals surface area contributed by atoms with Gasteiger partial charge in [0.05, 0.1) is 5.69 Å². The van der Waals surface area contributed by atoms with Crippen LogP contribution in [-0.2, 0) is 0 Å². The summed E-state index contributed by atoms with van der Waals surface area (Å²) < 4.78 is 5.91. The first-order valence-corrected chi connectivity index (χ1v) is 9.02. The molecule has 0 unspecified atom stereocenters. The van der Waals surface area contributed by atoms with Crippen molar-refractivity contribution in [3.05, 3.63) is 89.0 Å². The van der Waals surface area contributed by atoms with E-state index in [1.54, 1.807) is 18.2 Å². The average Bonchev–Trinajstić information content (AvgIpc) is 3.14. The zero-order valence-electron chi connectivity index (χ0n) is 15.7. The number of hydrogen-bond donors (Lipinski definition) is 1. The molecule has 0 bridgehead atoms. The van der Waals surface area contributed by atoms with Crippen LogP contribution in [0.5, 0.6) is 0 Å². The van der Waals surface area contributed by atoms with E-state index in [1.807, 2.05) is 62.4 Å². The number of aryl methyl sites for hydroxylation is 1. The number of rotatable bonds is 4. The lowest BCUT2D eigenvalue weighted by Gasteiger charge is -2.12. The molecule has 0 atom stereocenters. The van der Waals surface area contributed by atoms with E-state index < -0.39 is 0 Å². The standard InChI is InChI=1S/C24H19NO3/c1-15-6-5-8-20(16(15)2)24(27)25-21-12-18(10-11-19(21)14-26)23-13-17-7-3-4-9-22(17)28-23/h3-14H,1-2H3,(H,25,27). The van der Waals surface area contributed by atoms with Crippen LogP contribution in [0.25, 0.3) is 22.3 Å². The van der Waals surface area contributed by atoms with Crippen LogP contribution in [0, 0.1) is 13.8 Å². The van der Waals surface area contributed by atoms with Gasteiger partial charge in [0, 0.05) is 22.1 Å². The van der Waals surface area contributed by atoms with Gasteiger partial charge in [-0.2, -0.15) is 0 Å². The lowest BCUT2D eigenvalue weighted by Crippen LogP contribution is -2.15. The van der Waals surface area contributed by atoms with E-state index in [0.717, 1.165) is 33.9 Å². The molecular formula is C24H19NO3. The van der Waals surface area contributed by atoms with E-state index in [2.05, 4.69) is 5.32 Å². The average molecular weight is 369 g/mol. The molecule has 0 saturated heterocycles. The van der Waals surface area contributed by atoms with E-state index in [-0.39, 0.29) is 5.91 Å². The van der Waals surface area contributed by atoms with E-state index >= 15 is 0 Å². The molecule has 0 aliphatic heterocycles. The van der Waals surface area contributed by atoms with Crippen molar-refractivity contribution >= 4 is 28.8 Å². The highest BCUT2D eigenvalue weighted by Crippen LogP contribution is 2.30. The van der Waals surface area contributed by atoms with Crippen molar-refractivity contribution in [2.75, 3.05) is 5.32 Å². The molecule has 4 heteroatoms. The fourth-order valence-electron chi connectivity index (χ4n) is 3.23. The second-order valence-electron chi connectivity index (χ2n) is 6.77. The number of furan rings is 1. The van der Waals surface area contributed by atoms with Crippen LogP contribution in [0.3, 0.4) is 0 Å². The molecule has 4 nitrogen and oxygen atoms in total. The van der Waals surface area contributed by atoms with E-state index in [1.165, 1.54) is 0 Å². The molecule has 4 rings (SSSR count). The number of benzene rings is 3. The number of aldehydes is 1. The molecule has 138 valence electrons. The van der Waals surface area contributed by atoms with Crippen LogP contribution in [0.1, 0.15) is 31.8 Å². The Labute approximate surface area is 162 Å². The topological polar surface area (TPSA) is 59.3 Å². The van der Waals surface area contributed by atoms with Crippen molar-refractivity contribution in [3.63, 3.8) is 0 Å². The normalized spacial score (nSPS) is 10.8. The molecule has 0 aliphatic carbocycles. The van der Waals surface area contributed by atoms with Gasteiger partial charge in [-0.1, -0.05) is 36.4 Å². The van der Waals surface area contributed by atoms with E-state index in [9.17, 15) is 9.59 Å². The molecule has 1 aromatic heterocycles.